The van der Waals surface area contributed by atoms with E-state index in [0.29, 0.717) is 0 Å². The van der Waals surface area contributed by atoms with Crippen molar-refractivity contribution in [1.82, 2.24) is 4.90 Å². The van der Waals surface area contributed by atoms with Gasteiger partial charge in [-0.25, -0.2) is 0 Å². The maximum absolute atomic E-state index is 5.83. The van der Waals surface area contributed by atoms with Gasteiger partial charge in [0.2, 0.25) is 0 Å². The van der Waals surface area contributed by atoms with E-state index in [0.717, 1.165) is 26.2 Å². The van der Waals surface area contributed by atoms with E-state index in [-0.39, 0.29) is 5.41 Å². The molecule has 0 radical (unpaired) electrons. The smallest absolute Gasteiger partial charge is 0.0236 e. The average Bonchev–Trinajstić information content (AvgIpc) is 2.32. The number of rotatable bonds is 6. The van der Waals surface area contributed by atoms with Crippen molar-refractivity contribution >= 4 is 0 Å². The molecular formula is C16H28N2. The second kappa shape index (κ2) is 6.35. The molecule has 0 saturated carbocycles. The molecule has 0 saturated heterocycles. The quantitative estimate of drug-likeness (QED) is 0.838. The molecule has 0 unspecified atom stereocenters. The van der Waals surface area contributed by atoms with Gasteiger partial charge in [0.1, 0.15) is 0 Å². The van der Waals surface area contributed by atoms with Crippen LogP contribution in [0.2, 0.25) is 0 Å². The molecule has 102 valence electrons. The molecule has 2 nitrogen and oxygen atoms in total. The van der Waals surface area contributed by atoms with Crippen molar-refractivity contribution in [1.29, 1.82) is 0 Å². The number of hydrogen-bond acceptors (Lipinski definition) is 2. The van der Waals surface area contributed by atoms with E-state index in [2.05, 4.69) is 57.7 Å². The Morgan fingerprint density at radius 1 is 1.22 bits per heavy atom. The van der Waals surface area contributed by atoms with Crippen LogP contribution < -0.4 is 5.73 Å². The van der Waals surface area contributed by atoms with Crippen molar-refractivity contribution in [3.8, 4) is 0 Å². The van der Waals surface area contributed by atoms with Crippen molar-refractivity contribution in [3.05, 3.63) is 34.9 Å². The summed E-state index contributed by atoms with van der Waals surface area (Å²) in [5.74, 6) is 0. The van der Waals surface area contributed by atoms with Gasteiger partial charge in [-0.1, -0.05) is 44.5 Å². The molecule has 0 bridgehead atoms. The van der Waals surface area contributed by atoms with Gasteiger partial charge in [-0.2, -0.15) is 0 Å². The minimum atomic E-state index is 0.188. The van der Waals surface area contributed by atoms with Crippen LogP contribution in [-0.4, -0.2) is 24.5 Å². The molecule has 0 aliphatic heterocycles. The van der Waals surface area contributed by atoms with Crippen LogP contribution in [-0.2, 0) is 6.54 Å². The van der Waals surface area contributed by atoms with Crippen LogP contribution >= 0.6 is 0 Å². The van der Waals surface area contributed by atoms with Crippen molar-refractivity contribution in [3.63, 3.8) is 0 Å². The molecule has 18 heavy (non-hydrogen) atoms. The number of nitrogens with two attached hydrogens (primary N) is 1. The van der Waals surface area contributed by atoms with Gasteiger partial charge >= 0.3 is 0 Å². The van der Waals surface area contributed by atoms with Gasteiger partial charge in [-0.05, 0) is 43.5 Å². The Bertz CT molecular complexity index is 383. The fraction of sp³-hybridized carbons (Fsp3) is 0.625. The van der Waals surface area contributed by atoms with Crippen LogP contribution in [0.4, 0.5) is 0 Å². The summed E-state index contributed by atoms with van der Waals surface area (Å²) in [7, 11) is 0. The normalized spacial score (nSPS) is 12.2. The lowest BCUT2D eigenvalue weighted by Gasteiger charge is -2.31. The maximum Gasteiger partial charge on any atom is 0.0236 e. The standard InChI is InChI=1S/C16H28N2/c1-6-18(12-16(4,5)11-17)10-15-9-13(2)7-8-14(15)3/h7-9H,6,10-12,17H2,1-5H3. The Morgan fingerprint density at radius 3 is 2.44 bits per heavy atom. The molecule has 2 N–H and O–H groups in total. The fourth-order valence-corrected chi connectivity index (χ4v) is 2.16. The SMILES string of the molecule is CCN(Cc1cc(C)ccc1C)CC(C)(C)CN. The molecule has 0 fully saturated rings. The number of benzene rings is 1. The molecule has 0 atom stereocenters. The second-order valence-corrected chi connectivity index (χ2v) is 6.10. The number of aryl methyl sites for hydroxylation is 2. The topological polar surface area (TPSA) is 29.3 Å². The van der Waals surface area contributed by atoms with Crippen LogP contribution in [0.5, 0.6) is 0 Å². The predicted octanol–water partition coefficient (Wildman–Crippen LogP) is 3.11. The Balaban J connectivity index is 2.77. The van der Waals surface area contributed by atoms with E-state index in [1.54, 1.807) is 0 Å². The molecule has 0 aliphatic rings. The van der Waals surface area contributed by atoms with Crippen LogP contribution in [0, 0.1) is 19.3 Å². The van der Waals surface area contributed by atoms with Gasteiger partial charge in [0, 0.05) is 13.1 Å². The van der Waals surface area contributed by atoms with Gasteiger partial charge in [0.15, 0.2) is 0 Å². The molecule has 2 heteroatoms. The summed E-state index contributed by atoms with van der Waals surface area (Å²) in [4.78, 5) is 2.48. The summed E-state index contributed by atoms with van der Waals surface area (Å²) in [6, 6.07) is 6.69. The van der Waals surface area contributed by atoms with Crippen molar-refractivity contribution in [2.45, 2.75) is 41.2 Å². The fourth-order valence-electron chi connectivity index (χ4n) is 2.16. The lowest BCUT2D eigenvalue weighted by molar-refractivity contribution is 0.183. The zero-order chi connectivity index (χ0) is 13.8. The van der Waals surface area contributed by atoms with Crippen molar-refractivity contribution in [2.75, 3.05) is 19.6 Å². The number of nitrogens with zero attached hydrogens (tertiary/aromatic N) is 1. The first-order valence-corrected chi connectivity index (χ1v) is 6.86. The largest absolute Gasteiger partial charge is 0.330 e. The van der Waals surface area contributed by atoms with Gasteiger partial charge in [-0.15, -0.1) is 0 Å². The lowest BCUT2D eigenvalue weighted by Crippen LogP contribution is -2.38. The Morgan fingerprint density at radius 2 is 1.89 bits per heavy atom. The Labute approximate surface area is 112 Å². The van der Waals surface area contributed by atoms with Crippen molar-refractivity contribution in [2.24, 2.45) is 11.1 Å². The van der Waals surface area contributed by atoms with E-state index in [1.807, 2.05) is 0 Å². The summed E-state index contributed by atoms with van der Waals surface area (Å²) in [6.45, 7) is 14.9. The zero-order valence-electron chi connectivity index (χ0n) is 12.6. The molecule has 0 aliphatic carbocycles. The summed E-state index contributed by atoms with van der Waals surface area (Å²) < 4.78 is 0. The monoisotopic (exact) mass is 248 g/mol. The Hall–Kier alpha value is -0.860. The third-order valence-corrected chi connectivity index (χ3v) is 3.55. The highest BCUT2D eigenvalue weighted by atomic mass is 15.1. The first-order chi connectivity index (χ1) is 8.38. The van der Waals surface area contributed by atoms with E-state index in [9.17, 15) is 0 Å². The van der Waals surface area contributed by atoms with E-state index in [4.69, 9.17) is 5.73 Å². The summed E-state index contributed by atoms with van der Waals surface area (Å²) in [6.07, 6.45) is 0. The molecule has 0 heterocycles. The molecule has 0 aromatic heterocycles. The molecule has 1 aromatic rings. The van der Waals surface area contributed by atoms with Gasteiger partial charge in [-0.3, -0.25) is 4.90 Å². The molecule has 1 aromatic carbocycles. The van der Waals surface area contributed by atoms with Crippen molar-refractivity contribution < 1.29 is 0 Å². The summed E-state index contributed by atoms with van der Waals surface area (Å²) in [5, 5.41) is 0. The Kier molecular flexibility index (Phi) is 5.36. The highest BCUT2D eigenvalue weighted by Crippen LogP contribution is 2.18. The van der Waals surface area contributed by atoms with Crippen LogP contribution in [0.25, 0.3) is 0 Å². The first kappa shape index (κ1) is 15.2. The highest BCUT2D eigenvalue weighted by molar-refractivity contribution is 5.30. The first-order valence-electron chi connectivity index (χ1n) is 6.86. The molecule has 0 amide bonds. The predicted molar refractivity (Wildman–Crippen MR) is 79.7 cm³/mol. The third-order valence-electron chi connectivity index (χ3n) is 3.55. The molecule has 0 spiro atoms. The van der Waals surface area contributed by atoms with Gasteiger partial charge in [0.25, 0.3) is 0 Å². The third kappa shape index (κ3) is 4.43. The summed E-state index contributed by atoms with van der Waals surface area (Å²) >= 11 is 0. The van der Waals surface area contributed by atoms with Crippen LogP contribution in [0.1, 0.15) is 37.5 Å². The summed E-state index contributed by atoms with van der Waals surface area (Å²) in [5.41, 5.74) is 10.2. The van der Waals surface area contributed by atoms with E-state index < -0.39 is 0 Å². The maximum atomic E-state index is 5.83. The second-order valence-electron chi connectivity index (χ2n) is 6.10. The molecule has 1 rings (SSSR count). The zero-order valence-corrected chi connectivity index (χ0v) is 12.6. The minimum absolute atomic E-state index is 0.188. The highest BCUT2D eigenvalue weighted by Gasteiger charge is 2.19. The van der Waals surface area contributed by atoms with E-state index in [1.165, 1.54) is 16.7 Å². The average molecular weight is 248 g/mol. The molecular weight excluding hydrogens is 220 g/mol. The van der Waals surface area contributed by atoms with E-state index >= 15 is 0 Å². The van der Waals surface area contributed by atoms with Crippen LogP contribution in [0.3, 0.4) is 0 Å². The number of hydrogen-bond donors (Lipinski definition) is 1. The van der Waals surface area contributed by atoms with Crippen LogP contribution in [0.15, 0.2) is 18.2 Å². The van der Waals surface area contributed by atoms with Gasteiger partial charge in [0.05, 0.1) is 0 Å². The van der Waals surface area contributed by atoms with Gasteiger partial charge < -0.3 is 5.73 Å². The minimum Gasteiger partial charge on any atom is -0.330 e. The lowest BCUT2D eigenvalue weighted by atomic mass is 9.92.